The molecule has 1 N–H and O–H groups in total. The van der Waals surface area contributed by atoms with E-state index in [9.17, 15) is 19.5 Å². The number of aliphatic carboxylic acids is 1. The van der Waals surface area contributed by atoms with Crippen molar-refractivity contribution in [1.29, 1.82) is 0 Å². The van der Waals surface area contributed by atoms with Crippen molar-refractivity contribution in [1.82, 2.24) is 9.80 Å². The maximum atomic E-state index is 13.3. The van der Waals surface area contributed by atoms with Gasteiger partial charge in [0.25, 0.3) is 0 Å². The molecule has 0 radical (unpaired) electrons. The number of piperidine rings is 1. The lowest BCUT2D eigenvalue weighted by Gasteiger charge is -2.36. The van der Waals surface area contributed by atoms with E-state index in [1.165, 1.54) is 0 Å². The fourth-order valence-corrected chi connectivity index (χ4v) is 5.77. The number of amides is 2. The number of carbonyl (C=O) groups excluding carboxylic acids is 2. The smallest absolute Gasteiger partial charge is 0.337 e. The molecule has 2 aromatic rings. The fourth-order valence-electron chi connectivity index (χ4n) is 5.77. The van der Waals surface area contributed by atoms with Crippen LogP contribution < -0.4 is 0 Å². The van der Waals surface area contributed by atoms with E-state index < -0.39 is 29.5 Å². The van der Waals surface area contributed by atoms with Crippen molar-refractivity contribution in [2.24, 2.45) is 0 Å². The van der Waals surface area contributed by atoms with Gasteiger partial charge in [0.1, 0.15) is 0 Å². The number of carboxylic acid groups (broad SMARTS) is 1. The molecule has 1 atom stereocenters. The second-order valence-corrected chi connectivity index (χ2v) is 11.6. The lowest BCUT2D eigenvalue weighted by molar-refractivity contribution is -0.160. The SMILES string of the molecule is Cc1ccc(-c2c(C)c3c(c(C)c2C(OC(C)(C)C)C(=O)O)CCN(C(=O)C(=O)N2CCCCC2)C3)cc1. The third-order valence-corrected chi connectivity index (χ3v) is 7.71. The average Bonchev–Trinajstić information content (AvgIpc) is 2.88. The lowest BCUT2D eigenvalue weighted by Crippen LogP contribution is -2.48. The van der Waals surface area contributed by atoms with E-state index >= 15 is 0 Å². The Morgan fingerprint density at radius 2 is 1.45 bits per heavy atom. The van der Waals surface area contributed by atoms with Gasteiger partial charge in [-0.3, -0.25) is 9.59 Å². The first kappa shape index (κ1) is 27.8. The average molecular weight is 521 g/mol. The third kappa shape index (κ3) is 5.63. The number of likely N-dealkylation sites (tertiary alicyclic amines) is 1. The van der Waals surface area contributed by atoms with Gasteiger partial charge in [-0.25, -0.2) is 4.79 Å². The second kappa shape index (κ2) is 10.9. The normalized spacial score (nSPS) is 16.7. The van der Waals surface area contributed by atoms with Crippen molar-refractivity contribution in [3.05, 3.63) is 57.6 Å². The molecule has 1 unspecified atom stereocenters. The molecule has 0 bridgehead atoms. The highest BCUT2D eigenvalue weighted by Crippen LogP contribution is 2.42. The third-order valence-electron chi connectivity index (χ3n) is 7.71. The maximum absolute atomic E-state index is 13.3. The van der Waals surface area contributed by atoms with Crippen LogP contribution in [0.5, 0.6) is 0 Å². The Hall–Kier alpha value is -3.19. The Bertz CT molecular complexity index is 1240. The van der Waals surface area contributed by atoms with Gasteiger partial charge in [-0.15, -0.1) is 0 Å². The molecule has 1 fully saturated rings. The van der Waals surface area contributed by atoms with Crippen LogP contribution in [0.4, 0.5) is 0 Å². The number of rotatable bonds is 4. The van der Waals surface area contributed by atoms with Gasteiger partial charge in [-0.05, 0) is 101 Å². The Balaban J connectivity index is 1.81. The predicted molar refractivity (Wildman–Crippen MR) is 147 cm³/mol. The van der Waals surface area contributed by atoms with Crippen LogP contribution in [0.1, 0.15) is 79.5 Å². The predicted octanol–water partition coefficient (Wildman–Crippen LogP) is 5.12. The first-order valence-corrected chi connectivity index (χ1v) is 13.6. The van der Waals surface area contributed by atoms with Gasteiger partial charge in [0.15, 0.2) is 6.10 Å². The van der Waals surface area contributed by atoms with Crippen LogP contribution in [-0.2, 0) is 32.1 Å². The van der Waals surface area contributed by atoms with E-state index in [-0.39, 0.29) is 0 Å². The summed E-state index contributed by atoms with van der Waals surface area (Å²) in [7, 11) is 0. The minimum absolute atomic E-state index is 0.331. The van der Waals surface area contributed by atoms with Crippen molar-refractivity contribution in [3.8, 4) is 11.1 Å². The molecule has 0 aliphatic carbocycles. The molecule has 2 aliphatic rings. The molecular formula is C31H40N2O5. The van der Waals surface area contributed by atoms with Gasteiger partial charge in [0.2, 0.25) is 0 Å². The van der Waals surface area contributed by atoms with E-state index in [1.807, 2.05) is 65.8 Å². The Kier molecular flexibility index (Phi) is 7.98. The van der Waals surface area contributed by atoms with E-state index in [0.717, 1.165) is 58.2 Å². The molecule has 2 aromatic carbocycles. The summed E-state index contributed by atoms with van der Waals surface area (Å²) in [4.78, 5) is 42.2. The molecule has 2 amide bonds. The number of nitrogens with zero attached hydrogens (tertiary/aromatic N) is 2. The van der Waals surface area contributed by atoms with Crippen LogP contribution in [0.25, 0.3) is 11.1 Å². The molecule has 2 aliphatic heterocycles. The monoisotopic (exact) mass is 520 g/mol. The summed E-state index contributed by atoms with van der Waals surface area (Å²) in [5.74, 6) is -1.90. The molecule has 204 valence electrons. The summed E-state index contributed by atoms with van der Waals surface area (Å²) in [5, 5.41) is 10.3. The van der Waals surface area contributed by atoms with Crippen LogP contribution >= 0.6 is 0 Å². The van der Waals surface area contributed by atoms with Crippen LogP contribution in [0.15, 0.2) is 24.3 Å². The Morgan fingerprint density at radius 3 is 2.03 bits per heavy atom. The van der Waals surface area contributed by atoms with Gasteiger partial charge in [0.05, 0.1) is 5.60 Å². The number of hydrogen-bond donors (Lipinski definition) is 1. The topological polar surface area (TPSA) is 87.1 Å². The summed E-state index contributed by atoms with van der Waals surface area (Å²) >= 11 is 0. The zero-order valence-corrected chi connectivity index (χ0v) is 23.5. The number of fused-ring (bicyclic) bond motifs is 1. The van der Waals surface area contributed by atoms with Crippen molar-refractivity contribution >= 4 is 17.8 Å². The summed E-state index contributed by atoms with van der Waals surface area (Å²) in [6.07, 6.45) is 2.38. The molecule has 0 aromatic heterocycles. The van der Waals surface area contributed by atoms with Crippen molar-refractivity contribution < 1.29 is 24.2 Å². The molecule has 7 heteroatoms. The summed E-state index contributed by atoms with van der Waals surface area (Å²) in [6.45, 7) is 13.6. The van der Waals surface area contributed by atoms with Gasteiger partial charge in [0, 0.05) is 31.7 Å². The summed E-state index contributed by atoms with van der Waals surface area (Å²) in [5.41, 5.74) is 6.69. The molecule has 0 saturated carbocycles. The van der Waals surface area contributed by atoms with Gasteiger partial charge in [-0.2, -0.15) is 0 Å². The summed E-state index contributed by atoms with van der Waals surface area (Å²) in [6, 6.07) is 8.05. The van der Waals surface area contributed by atoms with Crippen LogP contribution in [0.2, 0.25) is 0 Å². The first-order valence-electron chi connectivity index (χ1n) is 13.6. The van der Waals surface area contributed by atoms with Gasteiger partial charge in [-0.1, -0.05) is 29.8 Å². The number of carboxylic acids is 1. The van der Waals surface area contributed by atoms with E-state index in [0.29, 0.717) is 38.2 Å². The van der Waals surface area contributed by atoms with E-state index in [4.69, 9.17) is 4.74 Å². The van der Waals surface area contributed by atoms with Gasteiger partial charge < -0.3 is 19.6 Å². The quantitative estimate of drug-likeness (QED) is 0.566. The lowest BCUT2D eigenvalue weighted by atomic mass is 9.80. The fraction of sp³-hybridized carbons (Fsp3) is 0.516. The molecule has 4 rings (SSSR count). The molecule has 38 heavy (non-hydrogen) atoms. The minimum Gasteiger partial charge on any atom is -0.479 e. The van der Waals surface area contributed by atoms with Crippen LogP contribution in [0.3, 0.4) is 0 Å². The van der Waals surface area contributed by atoms with Gasteiger partial charge >= 0.3 is 17.8 Å². The maximum Gasteiger partial charge on any atom is 0.337 e. The van der Waals surface area contributed by atoms with Crippen molar-refractivity contribution in [3.63, 3.8) is 0 Å². The number of ether oxygens (including phenoxy) is 1. The molecule has 7 nitrogen and oxygen atoms in total. The number of benzene rings is 2. The van der Waals surface area contributed by atoms with Crippen LogP contribution in [-0.4, -0.2) is 57.9 Å². The zero-order valence-electron chi connectivity index (χ0n) is 23.5. The molecular weight excluding hydrogens is 480 g/mol. The largest absolute Gasteiger partial charge is 0.479 e. The Morgan fingerprint density at radius 1 is 0.842 bits per heavy atom. The van der Waals surface area contributed by atoms with E-state index in [1.54, 1.807) is 9.80 Å². The minimum atomic E-state index is -1.14. The number of hydrogen-bond acceptors (Lipinski definition) is 4. The van der Waals surface area contributed by atoms with E-state index in [2.05, 4.69) is 0 Å². The highest BCUT2D eigenvalue weighted by Gasteiger charge is 2.36. The number of carbonyl (C=O) groups is 3. The zero-order chi connectivity index (χ0) is 27.8. The van der Waals surface area contributed by atoms with Crippen molar-refractivity contribution in [2.45, 2.75) is 85.5 Å². The standard InChI is InChI=1S/C31H40N2O5/c1-19-10-12-22(13-11-19)25-21(3)24-18-33(29(35)28(34)32-15-8-7-9-16-32)17-14-23(24)20(2)26(25)27(30(36)37)38-31(4,5)6/h10-13,27H,7-9,14-18H2,1-6H3,(H,36,37). The number of aryl methyl sites for hydroxylation is 1. The molecule has 1 saturated heterocycles. The Labute approximate surface area is 225 Å². The summed E-state index contributed by atoms with van der Waals surface area (Å²) < 4.78 is 6.14. The second-order valence-electron chi connectivity index (χ2n) is 11.6. The highest BCUT2D eigenvalue weighted by molar-refractivity contribution is 6.34. The van der Waals surface area contributed by atoms with Crippen molar-refractivity contribution in [2.75, 3.05) is 19.6 Å². The molecule has 0 spiro atoms. The highest BCUT2D eigenvalue weighted by atomic mass is 16.5. The van der Waals surface area contributed by atoms with Crippen LogP contribution in [0, 0.1) is 20.8 Å². The molecule has 2 heterocycles. The first-order chi connectivity index (χ1) is 17.9.